The molecule has 0 saturated heterocycles. The summed E-state index contributed by atoms with van der Waals surface area (Å²) in [7, 11) is 0. The summed E-state index contributed by atoms with van der Waals surface area (Å²) in [6.07, 6.45) is 5.99. The number of benzene rings is 1. The number of carbonyl (C=O) groups is 1. The first-order valence-corrected chi connectivity index (χ1v) is 10.5. The third-order valence-corrected chi connectivity index (χ3v) is 6.43. The molecule has 4 rings (SSSR count). The molecule has 1 aliphatic carbocycles. The number of hydrogen-bond donors (Lipinski definition) is 2. The summed E-state index contributed by atoms with van der Waals surface area (Å²) in [5.41, 5.74) is 8.12. The second-order valence-corrected chi connectivity index (χ2v) is 8.43. The van der Waals surface area contributed by atoms with Gasteiger partial charge in [-0.15, -0.1) is 24.8 Å². The van der Waals surface area contributed by atoms with Gasteiger partial charge in [0.15, 0.2) is 0 Å². The maximum Gasteiger partial charge on any atom is 0.337 e. The van der Waals surface area contributed by atoms with Crippen molar-refractivity contribution in [3.8, 4) is 11.3 Å². The molecule has 0 spiro atoms. The van der Waals surface area contributed by atoms with Gasteiger partial charge in [0.05, 0.1) is 17.3 Å². The number of aromatic carboxylic acids is 1. The standard InChI is InChI=1S/C23H23ClN4O3.2ClH/c24-18-3-1-2-17(11-18)23(14-25)8-6-19(7-9-23)28-21(29)5-4-20(27-28)15-10-16(22(30)31)13-26-12-15;;/h1-5,10-13,19H,6-9,14,25H2,(H,30,31);2*1H. The molecule has 1 fully saturated rings. The molecule has 0 unspecified atom stereocenters. The molecular weight excluding hydrogens is 487 g/mol. The number of nitrogens with zero attached hydrogens (tertiary/aromatic N) is 3. The Balaban J connectivity index is 0.00000193. The Bertz CT molecular complexity index is 1180. The van der Waals surface area contributed by atoms with Crippen LogP contribution in [0.4, 0.5) is 0 Å². The first-order valence-electron chi connectivity index (χ1n) is 10.2. The molecule has 2 aromatic heterocycles. The summed E-state index contributed by atoms with van der Waals surface area (Å²) in [6.45, 7) is 0.510. The van der Waals surface area contributed by atoms with E-state index in [0.29, 0.717) is 22.8 Å². The Morgan fingerprint density at radius 3 is 2.52 bits per heavy atom. The van der Waals surface area contributed by atoms with Crippen molar-refractivity contribution in [2.24, 2.45) is 5.73 Å². The molecule has 7 nitrogen and oxygen atoms in total. The van der Waals surface area contributed by atoms with Gasteiger partial charge in [-0.25, -0.2) is 9.48 Å². The number of aromatic nitrogens is 3. The van der Waals surface area contributed by atoms with Gasteiger partial charge in [0.1, 0.15) is 0 Å². The van der Waals surface area contributed by atoms with E-state index in [1.807, 2.05) is 18.2 Å². The van der Waals surface area contributed by atoms with Crippen LogP contribution in [0.5, 0.6) is 0 Å². The molecular formula is C23H25Cl3N4O3. The SMILES string of the molecule is Cl.Cl.NCC1(c2cccc(Cl)c2)CCC(n2nc(-c3cncc(C(=O)O)c3)ccc2=O)CC1. The molecule has 10 heteroatoms. The Morgan fingerprint density at radius 2 is 1.88 bits per heavy atom. The van der Waals surface area contributed by atoms with Crippen LogP contribution in [-0.2, 0) is 5.41 Å². The number of nitrogens with two attached hydrogens (primary N) is 1. The van der Waals surface area contributed by atoms with Crippen molar-refractivity contribution in [1.29, 1.82) is 0 Å². The summed E-state index contributed by atoms with van der Waals surface area (Å²) >= 11 is 6.20. The van der Waals surface area contributed by atoms with E-state index in [9.17, 15) is 14.7 Å². The molecule has 0 bridgehead atoms. The van der Waals surface area contributed by atoms with Crippen molar-refractivity contribution in [1.82, 2.24) is 14.8 Å². The van der Waals surface area contributed by atoms with Gasteiger partial charge in [0.2, 0.25) is 0 Å². The van der Waals surface area contributed by atoms with Gasteiger partial charge in [0.25, 0.3) is 5.56 Å². The highest BCUT2D eigenvalue weighted by Gasteiger charge is 2.37. The molecule has 0 amide bonds. The predicted octanol–water partition coefficient (Wildman–Crippen LogP) is 4.51. The highest BCUT2D eigenvalue weighted by atomic mass is 35.5. The average molecular weight is 512 g/mol. The highest BCUT2D eigenvalue weighted by molar-refractivity contribution is 6.30. The minimum Gasteiger partial charge on any atom is -0.478 e. The van der Waals surface area contributed by atoms with Gasteiger partial charge >= 0.3 is 5.97 Å². The van der Waals surface area contributed by atoms with Crippen molar-refractivity contribution in [3.63, 3.8) is 0 Å². The highest BCUT2D eigenvalue weighted by Crippen LogP contribution is 2.42. The van der Waals surface area contributed by atoms with Crippen LogP contribution in [-0.4, -0.2) is 32.4 Å². The molecule has 0 atom stereocenters. The molecule has 1 saturated carbocycles. The molecule has 1 aliphatic rings. The monoisotopic (exact) mass is 510 g/mol. The lowest BCUT2D eigenvalue weighted by atomic mass is 9.68. The smallest absolute Gasteiger partial charge is 0.337 e. The van der Waals surface area contributed by atoms with Crippen molar-refractivity contribution >= 4 is 42.4 Å². The van der Waals surface area contributed by atoms with E-state index in [2.05, 4.69) is 16.1 Å². The Kier molecular flexibility index (Phi) is 9.03. The van der Waals surface area contributed by atoms with Crippen LogP contribution in [0.15, 0.2) is 59.7 Å². The lowest BCUT2D eigenvalue weighted by Gasteiger charge is -2.40. The zero-order chi connectivity index (χ0) is 22.0. The maximum atomic E-state index is 12.6. The fourth-order valence-corrected chi connectivity index (χ4v) is 4.56. The van der Waals surface area contributed by atoms with Crippen LogP contribution in [0.1, 0.15) is 47.6 Å². The normalized spacial score (nSPS) is 19.8. The van der Waals surface area contributed by atoms with E-state index < -0.39 is 5.97 Å². The quantitative estimate of drug-likeness (QED) is 0.521. The zero-order valence-electron chi connectivity index (χ0n) is 17.7. The van der Waals surface area contributed by atoms with Crippen LogP contribution in [0.2, 0.25) is 5.02 Å². The Labute approximate surface area is 208 Å². The van der Waals surface area contributed by atoms with Gasteiger partial charge in [-0.1, -0.05) is 23.7 Å². The van der Waals surface area contributed by atoms with Crippen LogP contribution in [0.3, 0.4) is 0 Å². The van der Waals surface area contributed by atoms with Crippen molar-refractivity contribution in [2.75, 3.05) is 6.54 Å². The minimum absolute atomic E-state index is 0. The fourth-order valence-electron chi connectivity index (χ4n) is 4.37. The molecule has 0 radical (unpaired) electrons. The van der Waals surface area contributed by atoms with Gasteiger partial charge in [-0.3, -0.25) is 9.78 Å². The lowest BCUT2D eigenvalue weighted by Crippen LogP contribution is -2.41. The van der Waals surface area contributed by atoms with E-state index in [4.69, 9.17) is 17.3 Å². The zero-order valence-corrected chi connectivity index (χ0v) is 20.1. The lowest BCUT2D eigenvalue weighted by molar-refractivity contribution is 0.0696. The maximum absolute atomic E-state index is 12.6. The number of halogens is 3. The molecule has 0 aliphatic heterocycles. The first kappa shape index (κ1) is 26.8. The predicted molar refractivity (Wildman–Crippen MR) is 133 cm³/mol. The van der Waals surface area contributed by atoms with E-state index in [1.54, 1.807) is 12.3 Å². The van der Waals surface area contributed by atoms with Crippen LogP contribution < -0.4 is 11.3 Å². The number of carboxylic acids is 1. The van der Waals surface area contributed by atoms with E-state index in [-0.39, 0.29) is 47.4 Å². The summed E-state index contributed by atoms with van der Waals surface area (Å²) in [6, 6.07) is 12.3. The van der Waals surface area contributed by atoms with Crippen LogP contribution >= 0.6 is 36.4 Å². The van der Waals surface area contributed by atoms with Crippen molar-refractivity contribution in [3.05, 3.63) is 81.4 Å². The van der Waals surface area contributed by atoms with Crippen molar-refractivity contribution < 1.29 is 9.90 Å². The number of rotatable bonds is 5. The second-order valence-electron chi connectivity index (χ2n) is 7.99. The summed E-state index contributed by atoms with van der Waals surface area (Å²) in [5.74, 6) is -1.06. The third kappa shape index (κ3) is 5.55. The van der Waals surface area contributed by atoms with Gasteiger partial charge < -0.3 is 10.8 Å². The van der Waals surface area contributed by atoms with Gasteiger partial charge in [-0.05, 0) is 55.5 Å². The van der Waals surface area contributed by atoms with Crippen molar-refractivity contribution in [2.45, 2.75) is 37.1 Å². The molecule has 3 aromatic rings. The second kappa shape index (κ2) is 11.1. The molecule has 176 valence electrons. The van der Waals surface area contributed by atoms with Gasteiger partial charge in [-0.2, -0.15) is 5.10 Å². The van der Waals surface area contributed by atoms with E-state index >= 15 is 0 Å². The Morgan fingerprint density at radius 1 is 1.15 bits per heavy atom. The number of pyridine rings is 1. The summed E-state index contributed by atoms with van der Waals surface area (Å²) in [4.78, 5) is 27.8. The average Bonchev–Trinajstić information content (AvgIpc) is 2.79. The molecule has 2 heterocycles. The topological polar surface area (TPSA) is 111 Å². The molecule has 3 N–H and O–H groups in total. The molecule has 1 aromatic carbocycles. The summed E-state index contributed by atoms with van der Waals surface area (Å²) in [5, 5.41) is 14.4. The minimum atomic E-state index is -1.06. The molecule has 33 heavy (non-hydrogen) atoms. The van der Waals surface area contributed by atoms with E-state index in [1.165, 1.54) is 23.0 Å². The fraction of sp³-hybridized carbons (Fsp3) is 0.304. The summed E-state index contributed by atoms with van der Waals surface area (Å²) < 4.78 is 1.52. The number of carboxylic acid groups (broad SMARTS) is 1. The Hall–Kier alpha value is -2.45. The van der Waals surface area contributed by atoms with Gasteiger partial charge in [0, 0.05) is 41.0 Å². The van der Waals surface area contributed by atoms with Crippen LogP contribution in [0.25, 0.3) is 11.3 Å². The number of hydrogen-bond acceptors (Lipinski definition) is 5. The third-order valence-electron chi connectivity index (χ3n) is 6.19. The first-order chi connectivity index (χ1) is 14.9. The van der Waals surface area contributed by atoms with E-state index in [0.717, 1.165) is 31.2 Å². The van der Waals surface area contributed by atoms with Crippen LogP contribution in [0, 0.1) is 0 Å². The largest absolute Gasteiger partial charge is 0.478 e.